The van der Waals surface area contributed by atoms with Crippen LogP contribution in [0.4, 0.5) is 0 Å². The maximum atomic E-state index is 14.0. The van der Waals surface area contributed by atoms with Crippen molar-refractivity contribution >= 4 is 11.8 Å². The number of nitrogens with one attached hydrogen (secondary N) is 1. The van der Waals surface area contributed by atoms with E-state index >= 15 is 0 Å². The Morgan fingerprint density at radius 1 is 1.14 bits per heavy atom. The van der Waals surface area contributed by atoms with Crippen molar-refractivity contribution in [3.05, 3.63) is 71.8 Å². The maximum Gasteiger partial charge on any atom is 0.264 e. The highest BCUT2D eigenvalue weighted by atomic mass is 16.5. The second kappa shape index (κ2) is 8.99. The van der Waals surface area contributed by atoms with Gasteiger partial charge in [-0.15, -0.1) is 0 Å². The molecule has 0 bridgehead atoms. The molecule has 0 aromatic heterocycles. The molecule has 2 N–H and O–H groups in total. The summed E-state index contributed by atoms with van der Waals surface area (Å²) in [6.45, 7) is 2.73. The first kappa shape index (κ1) is 20.0. The first-order chi connectivity index (χ1) is 13.6. The van der Waals surface area contributed by atoms with Crippen molar-refractivity contribution in [3.63, 3.8) is 0 Å². The Morgan fingerprint density at radius 3 is 2.21 bits per heavy atom. The molecule has 1 heterocycles. The van der Waals surface area contributed by atoms with Gasteiger partial charge in [0.2, 0.25) is 5.91 Å². The Bertz CT molecular complexity index is 755. The number of rotatable bonds is 7. The molecule has 6 nitrogen and oxygen atoms in total. The summed E-state index contributed by atoms with van der Waals surface area (Å²) in [6.07, 6.45) is 0.184. The van der Waals surface area contributed by atoms with Crippen molar-refractivity contribution < 1.29 is 19.4 Å². The van der Waals surface area contributed by atoms with Gasteiger partial charge >= 0.3 is 0 Å². The van der Waals surface area contributed by atoms with Crippen molar-refractivity contribution in [2.24, 2.45) is 0 Å². The minimum atomic E-state index is -1.36. The highest BCUT2D eigenvalue weighted by Crippen LogP contribution is 2.37. The van der Waals surface area contributed by atoms with E-state index in [1.807, 2.05) is 67.6 Å². The van der Waals surface area contributed by atoms with Gasteiger partial charge in [0.05, 0.1) is 0 Å². The lowest BCUT2D eigenvalue weighted by Gasteiger charge is -2.42. The largest absolute Gasteiger partial charge is 0.396 e. The minimum Gasteiger partial charge on any atom is -0.396 e. The molecule has 28 heavy (non-hydrogen) atoms. The fourth-order valence-electron chi connectivity index (χ4n) is 3.77. The first-order valence-corrected chi connectivity index (χ1v) is 9.59. The van der Waals surface area contributed by atoms with Crippen molar-refractivity contribution in [2.45, 2.75) is 25.0 Å². The minimum absolute atomic E-state index is 0.180. The normalized spacial score (nSPS) is 17.3. The molecule has 2 amide bonds. The van der Waals surface area contributed by atoms with E-state index in [0.29, 0.717) is 30.8 Å². The fraction of sp³-hybridized carbons (Fsp3) is 0.364. The van der Waals surface area contributed by atoms with E-state index in [-0.39, 0.29) is 24.8 Å². The van der Waals surface area contributed by atoms with Gasteiger partial charge in [-0.25, -0.2) is 0 Å². The molecule has 1 aliphatic rings. The highest BCUT2D eigenvalue weighted by Gasteiger charge is 2.48. The number of aliphatic hydroxyl groups is 1. The number of carbonyl (C=O) groups is 2. The first-order valence-electron chi connectivity index (χ1n) is 9.59. The number of hydrogen-bond acceptors (Lipinski definition) is 4. The molecule has 2 aromatic carbocycles. The van der Waals surface area contributed by atoms with Gasteiger partial charge in [-0.3, -0.25) is 9.59 Å². The summed E-state index contributed by atoms with van der Waals surface area (Å²) in [5.74, 6) is -0.541. The van der Waals surface area contributed by atoms with E-state index in [2.05, 4.69) is 5.32 Å². The van der Waals surface area contributed by atoms with E-state index in [4.69, 9.17) is 4.74 Å². The molecule has 1 saturated heterocycles. The molecule has 0 aliphatic carbocycles. The van der Waals surface area contributed by atoms with Gasteiger partial charge in [-0.2, -0.15) is 0 Å². The van der Waals surface area contributed by atoms with Crippen LogP contribution in [-0.2, 0) is 19.9 Å². The van der Waals surface area contributed by atoms with Gasteiger partial charge < -0.3 is 20.1 Å². The lowest BCUT2D eigenvalue weighted by Crippen LogP contribution is -2.62. The predicted octanol–water partition coefficient (Wildman–Crippen LogP) is 1.68. The van der Waals surface area contributed by atoms with Crippen molar-refractivity contribution in [2.75, 3.05) is 26.3 Å². The van der Waals surface area contributed by atoms with Crippen LogP contribution in [0, 0.1) is 0 Å². The van der Waals surface area contributed by atoms with Gasteiger partial charge in [0.15, 0.2) is 5.60 Å². The molecule has 0 unspecified atom stereocenters. The van der Waals surface area contributed by atoms with Crippen LogP contribution >= 0.6 is 0 Å². The van der Waals surface area contributed by atoms with Crippen LogP contribution in [0.1, 0.15) is 24.5 Å². The number of ether oxygens (including phenoxy) is 1. The molecular formula is C22H26N2O4. The van der Waals surface area contributed by atoms with E-state index in [0.717, 1.165) is 0 Å². The monoisotopic (exact) mass is 382 g/mol. The number of hydrogen-bond donors (Lipinski definition) is 2. The molecule has 0 saturated carbocycles. The Kier molecular flexibility index (Phi) is 6.44. The average Bonchev–Trinajstić information content (AvgIpc) is 2.74. The number of piperazine rings is 1. The standard InChI is InChI=1S/C22H26N2O4/c1-2-28-22(17-9-5-3-6-10-17,18-11-7-4-8-12-18)21(27)24-15-14-23-20(26)19(24)13-16-25/h3-12,19,25H,2,13-16H2,1H3,(H,23,26)/t19-/m1/s1. The SMILES string of the molecule is CCOC(C(=O)N1CCNC(=O)[C@H]1CCO)(c1ccccc1)c1ccccc1. The van der Waals surface area contributed by atoms with Crippen molar-refractivity contribution in [1.29, 1.82) is 0 Å². The molecule has 1 fully saturated rings. The van der Waals surface area contributed by atoms with Crippen LogP contribution in [0.3, 0.4) is 0 Å². The summed E-state index contributed by atoms with van der Waals surface area (Å²) >= 11 is 0. The molecule has 148 valence electrons. The van der Waals surface area contributed by atoms with Crippen molar-refractivity contribution in [1.82, 2.24) is 10.2 Å². The Balaban J connectivity index is 2.15. The van der Waals surface area contributed by atoms with Crippen molar-refractivity contribution in [3.8, 4) is 0 Å². The van der Waals surface area contributed by atoms with Crippen LogP contribution in [0.25, 0.3) is 0 Å². The number of amides is 2. The van der Waals surface area contributed by atoms with Gasteiger partial charge in [0.1, 0.15) is 6.04 Å². The Morgan fingerprint density at radius 2 is 1.71 bits per heavy atom. The summed E-state index contributed by atoms with van der Waals surface area (Å²) in [7, 11) is 0. The topological polar surface area (TPSA) is 78.9 Å². The van der Waals surface area contributed by atoms with E-state index < -0.39 is 11.6 Å². The Labute approximate surface area is 165 Å². The third kappa shape index (κ3) is 3.66. The van der Waals surface area contributed by atoms with Gasteiger partial charge in [0, 0.05) is 26.3 Å². The maximum absolute atomic E-state index is 14.0. The molecule has 0 spiro atoms. The quantitative estimate of drug-likeness (QED) is 0.764. The second-order valence-corrected chi connectivity index (χ2v) is 6.66. The predicted molar refractivity (Wildman–Crippen MR) is 106 cm³/mol. The average molecular weight is 382 g/mol. The third-order valence-electron chi connectivity index (χ3n) is 5.02. The summed E-state index contributed by atoms with van der Waals surface area (Å²) in [5.41, 5.74) is 0.0614. The zero-order valence-corrected chi connectivity index (χ0v) is 16.0. The summed E-state index contributed by atoms with van der Waals surface area (Å²) in [4.78, 5) is 27.9. The van der Waals surface area contributed by atoms with E-state index in [1.54, 1.807) is 4.90 Å². The summed E-state index contributed by atoms with van der Waals surface area (Å²) in [5, 5.41) is 12.2. The second-order valence-electron chi connectivity index (χ2n) is 6.66. The lowest BCUT2D eigenvalue weighted by molar-refractivity contribution is -0.161. The smallest absolute Gasteiger partial charge is 0.264 e. The zero-order valence-electron chi connectivity index (χ0n) is 16.0. The molecule has 3 rings (SSSR count). The molecule has 6 heteroatoms. The third-order valence-corrected chi connectivity index (χ3v) is 5.02. The molecular weight excluding hydrogens is 356 g/mol. The molecule has 1 atom stereocenters. The van der Waals surface area contributed by atoms with E-state index in [1.165, 1.54) is 0 Å². The van der Waals surface area contributed by atoms with Crippen LogP contribution in [0.2, 0.25) is 0 Å². The number of carbonyl (C=O) groups excluding carboxylic acids is 2. The molecule has 2 aromatic rings. The van der Waals surface area contributed by atoms with Gasteiger partial charge in [-0.05, 0) is 24.5 Å². The van der Waals surface area contributed by atoms with Crippen LogP contribution in [0.5, 0.6) is 0 Å². The number of benzene rings is 2. The van der Waals surface area contributed by atoms with E-state index in [9.17, 15) is 14.7 Å². The number of aliphatic hydroxyl groups excluding tert-OH is 1. The zero-order chi connectivity index (χ0) is 20.0. The summed E-state index contributed by atoms with van der Waals surface area (Å²) < 4.78 is 6.19. The molecule has 1 aliphatic heterocycles. The van der Waals surface area contributed by atoms with Crippen LogP contribution in [-0.4, -0.2) is 54.2 Å². The number of nitrogens with zero attached hydrogens (tertiary/aromatic N) is 1. The fourth-order valence-corrected chi connectivity index (χ4v) is 3.77. The highest BCUT2D eigenvalue weighted by molar-refractivity contribution is 5.95. The van der Waals surface area contributed by atoms with Crippen LogP contribution < -0.4 is 5.32 Å². The summed E-state index contributed by atoms with van der Waals surface area (Å²) in [6, 6.07) is 18.0. The van der Waals surface area contributed by atoms with Crippen LogP contribution in [0.15, 0.2) is 60.7 Å². The lowest BCUT2D eigenvalue weighted by atomic mass is 9.83. The Hall–Kier alpha value is -2.70. The van der Waals surface area contributed by atoms with Gasteiger partial charge in [-0.1, -0.05) is 60.7 Å². The molecule has 0 radical (unpaired) electrons. The van der Waals surface area contributed by atoms with Gasteiger partial charge in [0.25, 0.3) is 5.91 Å².